The second kappa shape index (κ2) is 11.2. The Morgan fingerprint density at radius 3 is 2.52 bits per heavy atom. The van der Waals surface area contributed by atoms with E-state index in [1.54, 1.807) is 14.2 Å². The molecule has 0 atom stereocenters. The van der Waals surface area contributed by atoms with Gasteiger partial charge in [-0.3, -0.25) is 0 Å². The number of nitrogens with zero attached hydrogens (tertiary/aromatic N) is 4. The highest BCUT2D eigenvalue weighted by atomic mass is 16.5. The van der Waals surface area contributed by atoms with Crippen molar-refractivity contribution in [3.05, 3.63) is 11.6 Å². The lowest BCUT2D eigenvalue weighted by atomic mass is 9.83. The predicted molar refractivity (Wildman–Crippen MR) is 107 cm³/mol. The summed E-state index contributed by atoms with van der Waals surface area (Å²) in [7, 11) is 5.48. The summed E-state index contributed by atoms with van der Waals surface area (Å²) in [6, 6.07) is 0. The lowest BCUT2D eigenvalue weighted by Gasteiger charge is -2.30. The Bertz CT molecular complexity index is 581. The maximum Gasteiger partial charge on any atom is 0.191 e. The van der Waals surface area contributed by atoms with Crippen molar-refractivity contribution in [1.82, 2.24) is 25.4 Å². The van der Waals surface area contributed by atoms with Crippen molar-refractivity contribution in [2.75, 3.05) is 40.5 Å². The first-order chi connectivity index (χ1) is 13.1. The van der Waals surface area contributed by atoms with E-state index in [1.807, 2.05) is 18.5 Å². The summed E-state index contributed by atoms with van der Waals surface area (Å²) >= 11 is 0. The number of hydrogen-bond acceptors (Lipinski definition) is 5. The van der Waals surface area contributed by atoms with E-state index < -0.39 is 0 Å². The first-order valence-electron chi connectivity index (χ1n) is 9.95. The third kappa shape index (κ3) is 6.77. The highest BCUT2D eigenvalue weighted by molar-refractivity contribution is 5.79. The second-order valence-electron chi connectivity index (χ2n) is 7.46. The molecule has 0 unspecified atom stereocenters. The average molecular weight is 381 g/mol. The van der Waals surface area contributed by atoms with Crippen LogP contribution in [0.1, 0.15) is 50.2 Å². The molecule has 2 N–H and O–H groups in total. The van der Waals surface area contributed by atoms with Gasteiger partial charge >= 0.3 is 0 Å². The minimum Gasteiger partial charge on any atom is -0.385 e. The fourth-order valence-electron chi connectivity index (χ4n) is 3.57. The number of rotatable bonds is 11. The lowest BCUT2D eigenvalue weighted by molar-refractivity contribution is 0.138. The Hall–Kier alpha value is -1.67. The maximum atomic E-state index is 5.34. The molecule has 1 aliphatic carbocycles. The van der Waals surface area contributed by atoms with Crippen molar-refractivity contribution >= 4 is 5.96 Å². The molecule has 1 saturated carbocycles. The van der Waals surface area contributed by atoms with Crippen molar-refractivity contribution in [2.24, 2.45) is 17.5 Å². The molecular weight excluding hydrogens is 344 g/mol. The number of ether oxygens (including phenoxy) is 2. The smallest absolute Gasteiger partial charge is 0.191 e. The number of aryl methyl sites for hydroxylation is 1. The third-order valence-electron chi connectivity index (χ3n) is 5.51. The standard InChI is InChI=1S/C19H36N6O2/c1-16-23-24-17(25(16)2)14-21-18(20-11-7-12-26-3)22-15-19(10-13-27-4)8-5-6-9-19/h5-15H2,1-4H3,(H2,20,21,22). The highest BCUT2D eigenvalue weighted by Crippen LogP contribution is 2.40. The van der Waals surface area contributed by atoms with Crippen molar-refractivity contribution in [1.29, 1.82) is 0 Å². The van der Waals surface area contributed by atoms with Crippen LogP contribution in [-0.2, 0) is 23.1 Å². The Morgan fingerprint density at radius 1 is 1.15 bits per heavy atom. The van der Waals surface area contributed by atoms with Crippen LogP contribution in [0.3, 0.4) is 0 Å². The molecular formula is C19H36N6O2. The molecule has 154 valence electrons. The van der Waals surface area contributed by atoms with Gasteiger partial charge < -0.3 is 24.7 Å². The zero-order valence-electron chi connectivity index (χ0n) is 17.4. The van der Waals surface area contributed by atoms with Gasteiger partial charge in [-0.2, -0.15) is 0 Å². The van der Waals surface area contributed by atoms with Gasteiger partial charge in [-0.15, -0.1) is 10.2 Å². The third-order valence-corrected chi connectivity index (χ3v) is 5.51. The van der Waals surface area contributed by atoms with Gasteiger partial charge in [0.2, 0.25) is 0 Å². The van der Waals surface area contributed by atoms with Gasteiger partial charge in [0.05, 0.1) is 0 Å². The molecule has 0 aliphatic heterocycles. The maximum absolute atomic E-state index is 5.34. The van der Waals surface area contributed by atoms with Gasteiger partial charge in [0, 0.05) is 47.6 Å². The van der Waals surface area contributed by atoms with Crippen LogP contribution < -0.4 is 10.6 Å². The zero-order valence-corrected chi connectivity index (χ0v) is 17.4. The molecule has 0 spiro atoms. The molecule has 27 heavy (non-hydrogen) atoms. The van der Waals surface area contributed by atoms with E-state index in [0.29, 0.717) is 12.0 Å². The second-order valence-corrected chi connectivity index (χ2v) is 7.46. The molecule has 0 amide bonds. The number of aromatic nitrogens is 3. The fourth-order valence-corrected chi connectivity index (χ4v) is 3.57. The topological polar surface area (TPSA) is 85.6 Å². The van der Waals surface area contributed by atoms with E-state index in [1.165, 1.54) is 25.7 Å². The Balaban J connectivity index is 1.97. The van der Waals surface area contributed by atoms with Crippen LogP contribution in [0.15, 0.2) is 4.99 Å². The molecule has 8 heteroatoms. The van der Waals surface area contributed by atoms with Crippen LogP contribution in [0.4, 0.5) is 0 Å². The van der Waals surface area contributed by atoms with Crippen LogP contribution in [0, 0.1) is 12.3 Å². The summed E-state index contributed by atoms with van der Waals surface area (Å²) < 4.78 is 12.5. The fraction of sp³-hybridized carbons (Fsp3) is 0.842. The van der Waals surface area contributed by atoms with E-state index in [2.05, 4.69) is 20.8 Å². The van der Waals surface area contributed by atoms with Gasteiger partial charge in [0.1, 0.15) is 12.4 Å². The minimum absolute atomic E-state index is 0.312. The number of methoxy groups -OCH3 is 2. The van der Waals surface area contributed by atoms with Gasteiger partial charge in [-0.1, -0.05) is 12.8 Å². The monoisotopic (exact) mass is 380 g/mol. The first kappa shape index (κ1) is 21.6. The van der Waals surface area contributed by atoms with Gasteiger partial charge in [0.25, 0.3) is 0 Å². The van der Waals surface area contributed by atoms with Crippen LogP contribution in [-0.4, -0.2) is 61.2 Å². The number of hydrogen-bond donors (Lipinski definition) is 2. The molecule has 0 aromatic carbocycles. The molecule has 0 radical (unpaired) electrons. The van der Waals surface area contributed by atoms with E-state index >= 15 is 0 Å². The summed E-state index contributed by atoms with van der Waals surface area (Å²) in [5, 5.41) is 15.3. The summed E-state index contributed by atoms with van der Waals surface area (Å²) in [5.74, 6) is 2.59. The molecule has 1 fully saturated rings. The molecule has 1 aliphatic rings. The Labute approximate surface area is 163 Å². The van der Waals surface area contributed by atoms with Crippen molar-refractivity contribution in [2.45, 2.75) is 52.0 Å². The lowest BCUT2D eigenvalue weighted by Crippen LogP contribution is -2.44. The Morgan fingerprint density at radius 2 is 1.89 bits per heavy atom. The molecule has 1 aromatic rings. The Kier molecular flexibility index (Phi) is 9.00. The van der Waals surface area contributed by atoms with Crippen LogP contribution in [0.5, 0.6) is 0 Å². The number of guanidine groups is 1. The van der Waals surface area contributed by atoms with Crippen molar-refractivity contribution < 1.29 is 9.47 Å². The SMILES string of the molecule is COCCCNC(=NCc1nnc(C)n1C)NCC1(CCOC)CCCC1. The summed E-state index contributed by atoms with van der Waals surface area (Å²) in [5.41, 5.74) is 0.312. The van der Waals surface area contributed by atoms with E-state index in [4.69, 9.17) is 14.5 Å². The predicted octanol–water partition coefficient (Wildman–Crippen LogP) is 1.79. The molecule has 0 saturated heterocycles. The van der Waals surface area contributed by atoms with Crippen LogP contribution in [0.25, 0.3) is 0 Å². The molecule has 1 aromatic heterocycles. The normalized spacial score (nSPS) is 16.7. The van der Waals surface area contributed by atoms with Gasteiger partial charge in [0.15, 0.2) is 11.8 Å². The summed E-state index contributed by atoms with van der Waals surface area (Å²) in [4.78, 5) is 4.74. The summed E-state index contributed by atoms with van der Waals surface area (Å²) in [6.45, 7) is 5.74. The summed E-state index contributed by atoms with van der Waals surface area (Å²) in [6.07, 6.45) is 7.14. The number of aliphatic imine (C=N–C) groups is 1. The van der Waals surface area contributed by atoms with Crippen molar-refractivity contribution in [3.8, 4) is 0 Å². The minimum atomic E-state index is 0.312. The first-order valence-corrected chi connectivity index (χ1v) is 9.95. The molecule has 1 heterocycles. The van der Waals surface area contributed by atoms with Crippen molar-refractivity contribution in [3.63, 3.8) is 0 Å². The van der Waals surface area contributed by atoms with Crippen LogP contribution in [0.2, 0.25) is 0 Å². The van der Waals surface area contributed by atoms with Crippen LogP contribution >= 0.6 is 0 Å². The van der Waals surface area contributed by atoms with E-state index in [9.17, 15) is 0 Å². The zero-order chi connectivity index (χ0) is 19.5. The van der Waals surface area contributed by atoms with E-state index in [-0.39, 0.29) is 0 Å². The van der Waals surface area contributed by atoms with E-state index in [0.717, 1.165) is 56.8 Å². The highest BCUT2D eigenvalue weighted by Gasteiger charge is 2.33. The molecule has 0 bridgehead atoms. The average Bonchev–Trinajstić information content (AvgIpc) is 3.27. The molecule has 2 rings (SSSR count). The largest absolute Gasteiger partial charge is 0.385 e. The van der Waals surface area contributed by atoms with Gasteiger partial charge in [-0.05, 0) is 38.0 Å². The number of nitrogens with one attached hydrogen (secondary N) is 2. The quantitative estimate of drug-likeness (QED) is 0.346. The van der Waals surface area contributed by atoms with Gasteiger partial charge in [-0.25, -0.2) is 4.99 Å². The molecule has 8 nitrogen and oxygen atoms in total.